The molecule has 0 aliphatic rings. The Bertz CT molecular complexity index is 227. The molecule has 4 nitrogen and oxygen atoms in total. The molecule has 0 bridgehead atoms. The second-order valence-corrected chi connectivity index (χ2v) is 7.11. The molecule has 124 valence electrons. The molecule has 4 heteroatoms. The van der Waals surface area contributed by atoms with Gasteiger partial charge in [-0.05, 0) is 35.5 Å². The van der Waals surface area contributed by atoms with Crippen LogP contribution in [0, 0.1) is 22.7 Å². The van der Waals surface area contributed by atoms with Gasteiger partial charge in [0.05, 0.1) is 0 Å². The molecule has 0 heterocycles. The lowest BCUT2D eigenvalue weighted by Crippen LogP contribution is -2.26. The van der Waals surface area contributed by atoms with E-state index in [1.807, 2.05) is 27.7 Å². The van der Waals surface area contributed by atoms with Crippen LogP contribution in [0.25, 0.3) is 0 Å². The van der Waals surface area contributed by atoms with Gasteiger partial charge in [0.15, 0.2) is 0 Å². The smallest absolute Gasteiger partial charge is 0.0484 e. The first-order valence-corrected chi connectivity index (χ1v) is 7.52. The van der Waals surface area contributed by atoms with Gasteiger partial charge in [-0.15, -0.1) is 0 Å². The number of hydrogen-bond acceptors (Lipinski definition) is 4. The Labute approximate surface area is 124 Å². The van der Waals surface area contributed by atoms with E-state index in [4.69, 9.17) is 20.4 Å². The Kier molecular flexibility index (Phi) is 11.7. The van der Waals surface area contributed by atoms with E-state index < -0.39 is 0 Å². The van der Waals surface area contributed by atoms with E-state index in [-0.39, 0.29) is 43.2 Å². The summed E-state index contributed by atoms with van der Waals surface area (Å²) in [5, 5.41) is 35.0. The summed E-state index contributed by atoms with van der Waals surface area (Å²) in [5.74, 6) is 0.641. The maximum absolute atomic E-state index is 8.91. The molecule has 0 aliphatic carbocycles. The summed E-state index contributed by atoms with van der Waals surface area (Å²) in [5.41, 5.74) is 0.00618. The molecule has 0 spiro atoms. The Morgan fingerprint density at radius 1 is 0.750 bits per heavy atom. The molecule has 0 aromatic rings. The molecule has 0 radical (unpaired) electrons. The monoisotopic (exact) mass is 292 g/mol. The fraction of sp³-hybridized carbons (Fsp3) is 1.00. The van der Waals surface area contributed by atoms with E-state index >= 15 is 0 Å². The van der Waals surface area contributed by atoms with Crippen LogP contribution in [0.1, 0.15) is 54.4 Å². The van der Waals surface area contributed by atoms with Crippen molar-refractivity contribution in [2.75, 3.05) is 26.4 Å². The zero-order valence-corrected chi connectivity index (χ0v) is 14.2. The quantitative estimate of drug-likeness (QED) is 0.552. The van der Waals surface area contributed by atoms with E-state index in [0.717, 1.165) is 12.8 Å². The minimum absolute atomic E-state index is 0.0528. The molecule has 0 saturated carbocycles. The fourth-order valence-electron chi connectivity index (χ4n) is 1.52. The molecule has 20 heavy (non-hydrogen) atoms. The van der Waals surface area contributed by atoms with Crippen LogP contribution >= 0.6 is 0 Å². The predicted molar refractivity (Wildman–Crippen MR) is 83.5 cm³/mol. The summed E-state index contributed by atoms with van der Waals surface area (Å²) in [6.07, 6.45) is 1.53. The average Bonchev–Trinajstić information content (AvgIpc) is 2.38. The number of aliphatic hydroxyl groups excluding tert-OH is 4. The second-order valence-electron chi connectivity index (χ2n) is 7.11. The Hall–Kier alpha value is -0.160. The van der Waals surface area contributed by atoms with E-state index in [2.05, 4.69) is 13.8 Å². The van der Waals surface area contributed by atoms with Crippen molar-refractivity contribution in [3.8, 4) is 0 Å². The maximum atomic E-state index is 8.91. The SMILES string of the molecule is CC(CCO)C(C)(C)CO.CC(CO)C(C)(C)CCO. The summed E-state index contributed by atoms with van der Waals surface area (Å²) in [4.78, 5) is 0. The molecule has 4 N–H and O–H groups in total. The van der Waals surface area contributed by atoms with E-state index in [9.17, 15) is 0 Å². The molecule has 2 atom stereocenters. The largest absolute Gasteiger partial charge is 0.396 e. The lowest BCUT2D eigenvalue weighted by molar-refractivity contribution is 0.0881. The van der Waals surface area contributed by atoms with Crippen molar-refractivity contribution in [2.45, 2.75) is 54.4 Å². The molecule has 0 aliphatic heterocycles. The fourth-order valence-corrected chi connectivity index (χ4v) is 1.52. The van der Waals surface area contributed by atoms with Crippen LogP contribution < -0.4 is 0 Å². The van der Waals surface area contributed by atoms with E-state index in [1.54, 1.807) is 0 Å². The minimum atomic E-state index is -0.0528. The van der Waals surface area contributed by atoms with Crippen molar-refractivity contribution in [1.82, 2.24) is 0 Å². The topological polar surface area (TPSA) is 80.9 Å². The molecule has 0 aromatic carbocycles. The van der Waals surface area contributed by atoms with Crippen LogP contribution in [0.15, 0.2) is 0 Å². The molecular formula is C16H36O4. The zero-order chi connectivity index (χ0) is 16.4. The third kappa shape index (κ3) is 8.90. The van der Waals surface area contributed by atoms with Crippen molar-refractivity contribution in [3.05, 3.63) is 0 Å². The van der Waals surface area contributed by atoms with Crippen LogP contribution in [-0.4, -0.2) is 46.9 Å². The van der Waals surface area contributed by atoms with Crippen LogP contribution in [-0.2, 0) is 0 Å². The molecule has 0 amide bonds. The van der Waals surface area contributed by atoms with Gasteiger partial charge >= 0.3 is 0 Å². The summed E-state index contributed by atoms with van der Waals surface area (Å²) >= 11 is 0. The summed E-state index contributed by atoms with van der Waals surface area (Å²) in [6.45, 7) is 13.0. The van der Waals surface area contributed by atoms with Crippen LogP contribution in [0.5, 0.6) is 0 Å². The Balaban J connectivity index is 0. The van der Waals surface area contributed by atoms with Gasteiger partial charge in [0, 0.05) is 26.4 Å². The molecule has 0 aromatic heterocycles. The van der Waals surface area contributed by atoms with Gasteiger partial charge in [0.25, 0.3) is 0 Å². The van der Waals surface area contributed by atoms with E-state index in [1.165, 1.54) is 0 Å². The standard InChI is InChI=1S/2C8H18O2/c1-7(6-10)8(2,3)4-5-9;1-7(4-5-9)8(2,3)6-10/h2*7,9-10H,4-6H2,1-3H3. The van der Waals surface area contributed by atoms with Gasteiger partial charge in [-0.25, -0.2) is 0 Å². The van der Waals surface area contributed by atoms with Crippen LogP contribution in [0.4, 0.5) is 0 Å². The van der Waals surface area contributed by atoms with Crippen molar-refractivity contribution in [3.63, 3.8) is 0 Å². The van der Waals surface area contributed by atoms with Crippen molar-refractivity contribution in [1.29, 1.82) is 0 Å². The normalized spacial score (nSPS) is 15.3. The number of rotatable bonds is 8. The van der Waals surface area contributed by atoms with Crippen molar-refractivity contribution >= 4 is 0 Å². The molecule has 2 unspecified atom stereocenters. The Morgan fingerprint density at radius 2 is 1.25 bits per heavy atom. The average molecular weight is 292 g/mol. The van der Waals surface area contributed by atoms with Gasteiger partial charge in [-0.2, -0.15) is 0 Å². The number of hydrogen-bond donors (Lipinski definition) is 4. The summed E-state index contributed by atoms with van der Waals surface area (Å²) in [6, 6.07) is 0. The van der Waals surface area contributed by atoms with Gasteiger partial charge in [-0.1, -0.05) is 41.5 Å². The minimum Gasteiger partial charge on any atom is -0.396 e. The molecule has 0 saturated heterocycles. The summed E-state index contributed by atoms with van der Waals surface area (Å²) in [7, 11) is 0. The first kappa shape index (κ1) is 22.1. The van der Waals surface area contributed by atoms with Gasteiger partial charge < -0.3 is 20.4 Å². The lowest BCUT2D eigenvalue weighted by Gasteiger charge is -2.29. The first-order valence-electron chi connectivity index (χ1n) is 7.52. The van der Waals surface area contributed by atoms with E-state index in [0.29, 0.717) is 5.92 Å². The molecule has 0 fully saturated rings. The van der Waals surface area contributed by atoms with Crippen molar-refractivity contribution < 1.29 is 20.4 Å². The van der Waals surface area contributed by atoms with Crippen molar-refractivity contribution in [2.24, 2.45) is 22.7 Å². The highest BCUT2D eigenvalue weighted by molar-refractivity contribution is 4.74. The number of aliphatic hydroxyl groups is 4. The first-order chi connectivity index (χ1) is 9.08. The molecular weight excluding hydrogens is 256 g/mol. The third-order valence-corrected chi connectivity index (χ3v) is 4.67. The zero-order valence-electron chi connectivity index (χ0n) is 14.2. The third-order valence-electron chi connectivity index (χ3n) is 4.67. The highest BCUT2D eigenvalue weighted by Crippen LogP contribution is 2.29. The highest BCUT2D eigenvalue weighted by atomic mass is 16.3. The predicted octanol–water partition coefficient (Wildman–Crippen LogP) is 2.05. The van der Waals surface area contributed by atoms with Crippen LogP contribution in [0.3, 0.4) is 0 Å². The lowest BCUT2D eigenvalue weighted by atomic mass is 9.78. The van der Waals surface area contributed by atoms with Gasteiger partial charge in [-0.3, -0.25) is 0 Å². The Morgan fingerprint density at radius 3 is 1.55 bits per heavy atom. The van der Waals surface area contributed by atoms with Gasteiger partial charge in [0.1, 0.15) is 0 Å². The van der Waals surface area contributed by atoms with Gasteiger partial charge in [0.2, 0.25) is 0 Å². The van der Waals surface area contributed by atoms with Crippen LogP contribution in [0.2, 0.25) is 0 Å². The summed E-state index contributed by atoms with van der Waals surface area (Å²) < 4.78 is 0. The second kappa shape index (κ2) is 10.6. The maximum Gasteiger partial charge on any atom is 0.0484 e. The molecule has 0 rings (SSSR count). The highest BCUT2D eigenvalue weighted by Gasteiger charge is 2.24.